The fourth-order valence-electron chi connectivity index (χ4n) is 2.97. The maximum atomic E-state index is 13.3. The van der Waals surface area contributed by atoms with Crippen LogP contribution < -0.4 is 0 Å². The Morgan fingerprint density at radius 1 is 1.11 bits per heavy atom. The largest absolute Gasteiger partial charge is 0.394 e. The van der Waals surface area contributed by atoms with Crippen LogP contribution >= 0.6 is 0 Å². The van der Waals surface area contributed by atoms with Gasteiger partial charge in [-0.2, -0.15) is 10.2 Å². The number of pyridine rings is 1. The molecule has 0 aliphatic heterocycles. The number of benzene rings is 1. The summed E-state index contributed by atoms with van der Waals surface area (Å²) in [6.45, 7) is 0.524. The summed E-state index contributed by atoms with van der Waals surface area (Å²) in [7, 11) is 0. The smallest absolute Gasteiger partial charge is 0.141 e. The molecule has 0 unspecified atom stereocenters. The molecule has 0 aliphatic carbocycles. The van der Waals surface area contributed by atoms with E-state index in [1.165, 1.54) is 12.3 Å². The number of halogens is 1. The molecule has 0 saturated heterocycles. The standard InChI is InChI=1S/C20H18FN5O/c21-17-8-16(10-22-12-17)7-14-1-3-19-18(9-14)20(25-24-19)4-2-15-11-23-26(13-15)5-6-27/h1-4,8-13,27H,5-7H2,(H,24,25)/b4-2+. The molecule has 2 N–H and O–H groups in total. The quantitative estimate of drug-likeness (QED) is 0.552. The molecule has 1 aromatic carbocycles. The molecule has 4 aromatic rings. The lowest BCUT2D eigenvalue weighted by atomic mass is 10.0. The average Bonchev–Trinajstić information content (AvgIpc) is 3.27. The molecule has 0 saturated carbocycles. The molecule has 4 rings (SSSR count). The van der Waals surface area contributed by atoms with Gasteiger partial charge < -0.3 is 5.11 Å². The molecule has 0 amide bonds. The summed E-state index contributed by atoms with van der Waals surface area (Å²) in [6.07, 6.45) is 10.9. The monoisotopic (exact) mass is 363 g/mol. The zero-order chi connectivity index (χ0) is 18.6. The van der Waals surface area contributed by atoms with Crippen LogP contribution in [0.4, 0.5) is 4.39 Å². The van der Waals surface area contributed by atoms with E-state index in [1.54, 1.807) is 17.1 Å². The molecule has 0 bridgehead atoms. The predicted octanol–water partition coefficient (Wildman–Crippen LogP) is 3.05. The van der Waals surface area contributed by atoms with E-state index in [0.29, 0.717) is 13.0 Å². The van der Waals surface area contributed by atoms with Crippen molar-refractivity contribution >= 4 is 23.1 Å². The van der Waals surface area contributed by atoms with Gasteiger partial charge in [0.1, 0.15) is 5.82 Å². The molecular weight excluding hydrogens is 345 g/mol. The van der Waals surface area contributed by atoms with Crippen molar-refractivity contribution < 1.29 is 9.50 Å². The topological polar surface area (TPSA) is 79.6 Å². The van der Waals surface area contributed by atoms with E-state index >= 15 is 0 Å². The summed E-state index contributed by atoms with van der Waals surface area (Å²) in [4.78, 5) is 3.90. The molecule has 3 aromatic heterocycles. The highest BCUT2D eigenvalue weighted by atomic mass is 19.1. The molecule has 27 heavy (non-hydrogen) atoms. The predicted molar refractivity (Wildman–Crippen MR) is 101 cm³/mol. The van der Waals surface area contributed by atoms with Crippen LogP contribution in [0.1, 0.15) is 22.4 Å². The molecule has 7 heteroatoms. The zero-order valence-corrected chi connectivity index (χ0v) is 14.5. The zero-order valence-electron chi connectivity index (χ0n) is 14.5. The molecule has 0 spiro atoms. The van der Waals surface area contributed by atoms with Gasteiger partial charge in [0.25, 0.3) is 0 Å². The number of aromatic nitrogens is 5. The van der Waals surface area contributed by atoms with Crippen LogP contribution in [-0.4, -0.2) is 36.7 Å². The van der Waals surface area contributed by atoms with Crippen LogP contribution in [-0.2, 0) is 13.0 Å². The molecule has 0 aliphatic rings. The second kappa shape index (κ2) is 7.51. The third kappa shape index (κ3) is 3.93. The highest BCUT2D eigenvalue weighted by Crippen LogP contribution is 2.21. The number of fused-ring (bicyclic) bond motifs is 1. The normalized spacial score (nSPS) is 11.6. The first-order valence-corrected chi connectivity index (χ1v) is 8.59. The summed E-state index contributed by atoms with van der Waals surface area (Å²) in [6, 6.07) is 7.52. The summed E-state index contributed by atoms with van der Waals surface area (Å²) in [5.41, 5.74) is 4.57. The maximum Gasteiger partial charge on any atom is 0.141 e. The van der Waals surface area contributed by atoms with Gasteiger partial charge in [0.2, 0.25) is 0 Å². The lowest BCUT2D eigenvalue weighted by Gasteiger charge is -2.02. The van der Waals surface area contributed by atoms with Crippen LogP contribution in [0, 0.1) is 5.82 Å². The summed E-state index contributed by atoms with van der Waals surface area (Å²) in [5, 5.41) is 21.5. The van der Waals surface area contributed by atoms with Gasteiger partial charge in [0.05, 0.1) is 36.8 Å². The Hall–Kier alpha value is -3.32. The summed E-state index contributed by atoms with van der Waals surface area (Å²) < 4.78 is 15.0. The Morgan fingerprint density at radius 2 is 2.04 bits per heavy atom. The van der Waals surface area contributed by atoms with Crippen molar-refractivity contribution in [2.24, 2.45) is 0 Å². The van der Waals surface area contributed by atoms with Crippen LogP contribution in [0.15, 0.2) is 49.1 Å². The van der Waals surface area contributed by atoms with Crippen molar-refractivity contribution in [1.82, 2.24) is 25.0 Å². The minimum absolute atomic E-state index is 0.0540. The molecular formula is C20H18FN5O. The first-order valence-electron chi connectivity index (χ1n) is 8.59. The molecule has 3 heterocycles. The van der Waals surface area contributed by atoms with E-state index < -0.39 is 0 Å². The Kier molecular flexibility index (Phi) is 4.76. The SMILES string of the molecule is OCCn1cc(/C=C/c2n[nH]c3ccc(Cc4cncc(F)c4)cc23)cn1. The average molecular weight is 363 g/mol. The minimum Gasteiger partial charge on any atom is -0.394 e. The van der Waals surface area contributed by atoms with Gasteiger partial charge in [0, 0.05) is 23.3 Å². The number of hydrogen-bond donors (Lipinski definition) is 2. The van der Waals surface area contributed by atoms with E-state index in [9.17, 15) is 4.39 Å². The van der Waals surface area contributed by atoms with E-state index in [-0.39, 0.29) is 12.4 Å². The Balaban J connectivity index is 1.58. The van der Waals surface area contributed by atoms with Crippen molar-refractivity contribution in [3.05, 3.63) is 77.3 Å². The lowest BCUT2D eigenvalue weighted by molar-refractivity contribution is 0.269. The van der Waals surface area contributed by atoms with Gasteiger partial charge in [-0.05, 0) is 47.9 Å². The Labute approximate surface area is 155 Å². The minimum atomic E-state index is -0.331. The van der Waals surface area contributed by atoms with E-state index in [4.69, 9.17) is 5.11 Å². The molecule has 0 radical (unpaired) electrons. The number of aromatic amines is 1. The van der Waals surface area contributed by atoms with Crippen LogP contribution in [0.3, 0.4) is 0 Å². The number of H-pyrrole nitrogens is 1. The lowest BCUT2D eigenvalue weighted by Crippen LogP contribution is -2.01. The second-order valence-electron chi connectivity index (χ2n) is 6.27. The van der Waals surface area contributed by atoms with Crippen molar-refractivity contribution in [1.29, 1.82) is 0 Å². The van der Waals surface area contributed by atoms with Gasteiger partial charge in [0.15, 0.2) is 0 Å². The number of rotatable bonds is 6. The Morgan fingerprint density at radius 3 is 2.89 bits per heavy atom. The number of nitrogens with zero attached hydrogens (tertiary/aromatic N) is 4. The third-order valence-electron chi connectivity index (χ3n) is 4.24. The fraction of sp³-hybridized carbons (Fsp3) is 0.150. The van der Waals surface area contributed by atoms with Crippen molar-refractivity contribution in [3.8, 4) is 0 Å². The highest BCUT2D eigenvalue weighted by Gasteiger charge is 2.06. The molecule has 6 nitrogen and oxygen atoms in total. The van der Waals surface area contributed by atoms with Crippen molar-refractivity contribution in [2.75, 3.05) is 6.61 Å². The van der Waals surface area contributed by atoms with Gasteiger partial charge in [-0.15, -0.1) is 0 Å². The van der Waals surface area contributed by atoms with Crippen LogP contribution in [0.2, 0.25) is 0 Å². The molecule has 0 fully saturated rings. The maximum absolute atomic E-state index is 13.3. The second-order valence-corrected chi connectivity index (χ2v) is 6.27. The van der Waals surface area contributed by atoms with Crippen LogP contribution in [0.5, 0.6) is 0 Å². The molecule has 136 valence electrons. The number of aliphatic hydroxyl groups excluding tert-OH is 1. The third-order valence-corrected chi connectivity index (χ3v) is 4.24. The number of hydrogen-bond acceptors (Lipinski definition) is 4. The van der Waals surface area contributed by atoms with Gasteiger partial charge in [-0.1, -0.05) is 6.07 Å². The summed E-state index contributed by atoms with van der Waals surface area (Å²) in [5.74, 6) is -0.331. The first kappa shape index (κ1) is 17.1. The van der Waals surface area contributed by atoms with Gasteiger partial charge in [-0.25, -0.2) is 4.39 Å². The highest BCUT2D eigenvalue weighted by molar-refractivity contribution is 5.89. The van der Waals surface area contributed by atoms with Gasteiger partial charge in [-0.3, -0.25) is 14.8 Å². The van der Waals surface area contributed by atoms with E-state index in [0.717, 1.165) is 33.3 Å². The van der Waals surface area contributed by atoms with E-state index in [2.05, 4.69) is 26.3 Å². The van der Waals surface area contributed by atoms with Crippen molar-refractivity contribution in [3.63, 3.8) is 0 Å². The fourth-order valence-corrected chi connectivity index (χ4v) is 2.97. The number of aliphatic hydroxyl groups is 1. The number of nitrogens with one attached hydrogen (secondary N) is 1. The molecule has 0 atom stereocenters. The Bertz CT molecular complexity index is 1100. The first-order chi connectivity index (χ1) is 13.2. The van der Waals surface area contributed by atoms with E-state index in [1.807, 2.05) is 30.5 Å². The summed E-state index contributed by atoms with van der Waals surface area (Å²) >= 11 is 0. The van der Waals surface area contributed by atoms with Crippen molar-refractivity contribution in [2.45, 2.75) is 13.0 Å². The van der Waals surface area contributed by atoms with Gasteiger partial charge >= 0.3 is 0 Å². The van der Waals surface area contributed by atoms with Crippen LogP contribution in [0.25, 0.3) is 23.1 Å².